The molecule has 0 aromatic heterocycles. The lowest BCUT2D eigenvalue weighted by Crippen LogP contribution is -2.38. The molecule has 0 spiro atoms. The normalized spacial score (nSPS) is 11.3. The van der Waals surface area contributed by atoms with Crippen LogP contribution >= 0.6 is 0 Å². The van der Waals surface area contributed by atoms with Gasteiger partial charge < -0.3 is 24.8 Å². The highest BCUT2D eigenvalue weighted by Gasteiger charge is 2.06. The predicted molar refractivity (Wildman–Crippen MR) is 112 cm³/mol. The first kappa shape index (κ1) is 23.1. The molecule has 0 amide bonds. The third-order valence-electron chi connectivity index (χ3n) is 3.93. The van der Waals surface area contributed by atoms with Gasteiger partial charge in [-0.25, -0.2) is 0 Å². The molecular weight excluding hydrogens is 342 g/mol. The summed E-state index contributed by atoms with van der Waals surface area (Å²) in [6, 6.07) is 6.15. The number of aliphatic imine (C=N–C) groups is 1. The average Bonchev–Trinajstić information content (AvgIpc) is 2.67. The van der Waals surface area contributed by atoms with Crippen LogP contribution in [0.2, 0.25) is 0 Å². The number of methoxy groups -OCH3 is 1. The van der Waals surface area contributed by atoms with Gasteiger partial charge in [-0.1, -0.05) is 6.07 Å². The van der Waals surface area contributed by atoms with Crippen molar-refractivity contribution < 1.29 is 14.2 Å². The highest BCUT2D eigenvalue weighted by atomic mass is 16.5. The molecule has 0 aliphatic rings. The van der Waals surface area contributed by atoms with Crippen LogP contribution in [0.3, 0.4) is 0 Å². The maximum atomic E-state index is 5.70. The Balaban J connectivity index is 2.48. The number of guanidine groups is 1. The SMILES string of the molecule is CCNC(=NCCCCCOC)NCCc1ccc(OCC)c(OCC)c1. The Bertz CT molecular complexity index is 535. The van der Waals surface area contributed by atoms with Crippen molar-refractivity contribution in [1.29, 1.82) is 0 Å². The number of hydrogen-bond donors (Lipinski definition) is 2. The Kier molecular flexibility index (Phi) is 12.9. The van der Waals surface area contributed by atoms with Gasteiger partial charge in [-0.3, -0.25) is 4.99 Å². The first-order chi connectivity index (χ1) is 13.2. The summed E-state index contributed by atoms with van der Waals surface area (Å²) < 4.78 is 16.4. The van der Waals surface area contributed by atoms with Crippen molar-refractivity contribution in [2.75, 3.05) is 46.6 Å². The van der Waals surface area contributed by atoms with E-state index in [9.17, 15) is 0 Å². The van der Waals surface area contributed by atoms with Crippen molar-refractivity contribution in [2.45, 2.75) is 46.5 Å². The smallest absolute Gasteiger partial charge is 0.191 e. The summed E-state index contributed by atoms with van der Waals surface area (Å²) in [5, 5.41) is 6.70. The number of ether oxygens (including phenoxy) is 3. The summed E-state index contributed by atoms with van der Waals surface area (Å²) in [5.41, 5.74) is 1.21. The van der Waals surface area contributed by atoms with Crippen LogP contribution in [-0.2, 0) is 11.2 Å². The van der Waals surface area contributed by atoms with E-state index in [1.54, 1.807) is 7.11 Å². The van der Waals surface area contributed by atoms with E-state index in [1.807, 2.05) is 19.9 Å². The molecule has 2 N–H and O–H groups in total. The van der Waals surface area contributed by atoms with E-state index < -0.39 is 0 Å². The molecule has 1 aromatic carbocycles. The van der Waals surface area contributed by atoms with Gasteiger partial charge >= 0.3 is 0 Å². The summed E-state index contributed by atoms with van der Waals surface area (Å²) in [7, 11) is 1.74. The van der Waals surface area contributed by atoms with E-state index in [-0.39, 0.29) is 0 Å². The van der Waals surface area contributed by atoms with Gasteiger partial charge in [0.1, 0.15) is 0 Å². The Morgan fingerprint density at radius 3 is 2.44 bits per heavy atom. The van der Waals surface area contributed by atoms with Crippen molar-refractivity contribution >= 4 is 5.96 Å². The van der Waals surface area contributed by atoms with Gasteiger partial charge in [0, 0.05) is 33.4 Å². The van der Waals surface area contributed by atoms with Crippen LogP contribution in [0.4, 0.5) is 0 Å². The standard InChI is InChI=1S/C21H37N3O3/c1-5-22-21(23-14-9-8-10-16-25-4)24-15-13-18-11-12-19(26-6-2)20(17-18)27-7-3/h11-12,17H,5-10,13-16H2,1-4H3,(H2,22,23,24). The second-order valence-electron chi connectivity index (χ2n) is 6.14. The van der Waals surface area contributed by atoms with E-state index in [4.69, 9.17) is 14.2 Å². The van der Waals surface area contributed by atoms with Crippen molar-refractivity contribution in [3.8, 4) is 11.5 Å². The van der Waals surface area contributed by atoms with E-state index in [0.29, 0.717) is 13.2 Å². The molecule has 0 fully saturated rings. The third kappa shape index (κ3) is 10.1. The molecule has 154 valence electrons. The lowest BCUT2D eigenvalue weighted by molar-refractivity contribution is 0.192. The fourth-order valence-corrected chi connectivity index (χ4v) is 2.64. The molecule has 0 aliphatic carbocycles. The van der Waals surface area contributed by atoms with Crippen molar-refractivity contribution in [3.05, 3.63) is 23.8 Å². The predicted octanol–water partition coefficient (Wildman–Crippen LogP) is 3.40. The fraction of sp³-hybridized carbons (Fsp3) is 0.667. The van der Waals surface area contributed by atoms with Crippen LogP contribution in [0.15, 0.2) is 23.2 Å². The molecule has 0 atom stereocenters. The molecule has 0 saturated carbocycles. The Labute approximate surface area is 164 Å². The number of benzene rings is 1. The van der Waals surface area contributed by atoms with Crippen LogP contribution in [0.5, 0.6) is 11.5 Å². The largest absolute Gasteiger partial charge is 0.490 e. The van der Waals surface area contributed by atoms with Crippen molar-refractivity contribution in [1.82, 2.24) is 10.6 Å². The minimum Gasteiger partial charge on any atom is -0.490 e. The fourth-order valence-electron chi connectivity index (χ4n) is 2.64. The van der Waals surface area contributed by atoms with Gasteiger partial charge in [0.05, 0.1) is 13.2 Å². The molecular formula is C21H37N3O3. The number of nitrogens with zero attached hydrogens (tertiary/aromatic N) is 1. The molecule has 0 heterocycles. The lowest BCUT2D eigenvalue weighted by Gasteiger charge is -2.14. The molecule has 0 saturated heterocycles. The number of rotatable bonds is 14. The van der Waals surface area contributed by atoms with E-state index in [0.717, 1.165) is 69.4 Å². The van der Waals surface area contributed by atoms with Gasteiger partial charge in [0.25, 0.3) is 0 Å². The quantitative estimate of drug-likeness (QED) is 0.295. The molecule has 6 nitrogen and oxygen atoms in total. The zero-order valence-corrected chi connectivity index (χ0v) is 17.5. The third-order valence-corrected chi connectivity index (χ3v) is 3.93. The summed E-state index contributed by atoms with van der Waals surface area (Å²) in [6.07, 6.45) is 4.21. The second kappa shape index (κ2) is 15.1. The maximum absolute atomic E-state index is 5.70. The van der Waals surface area contributed by atoms with Crippen LogP contribution in [-0.4, -0.2) is 52.5 Å². The van der Waals surface area contributed by atoms with E-state index >= 15 is 0 Å². The topological polar surface area (TPSA) is 64.1 Å². The zero-order valence-electron chi connectivity index (χ0n) is 17.5. The zero-order chi connectivity index (χ0) is 19.7. The number of nitrogens with one attached hydrogen (secondary N) is 2. The maximum Gasteiger partial charge on any atom is 0.191 e. The molecule has 0 bridgehead atoms. The van der Waals surface area contributed by atoms with Gasteiger partial charge in [0.15, 0.2) is 17.5 Å². The van der Waals surface area contributed by atoms with E-state index in [2.05, 4.69) is 34.7 Å². The van der Waals surface area contributed by atoms with Gasteiger partial charge in [-0.05, 0) is 64.2 Å². The van der Waals surface area contributed by atoms with Crippen LogP contribution in [0, 0.1) is 0 Å². The van der Waals surface area contributed by atoms with Gasteiger partial charge in [-0.2, -0.15) is 0 Å². The van der Waals surface area contributed by atoms with Crippen molar-refractivity contribution in [3.63, 3.8) is 0 Å². The van der Waals surface area contributed by atoms with Gasteiger partial charge in [0.2, 0.25) is 0 Å². The molecule has 1 aromatic rings. The summed E-state index contributed by atoms with van der Waals surface area (Å²) in [5.74, 6) is 2.49. The molecule has 0 aliphatic heterocycles. The first-order valence-corrected chi connectivity index (χ1v) is 10.1. The summed E-state index contributed by atoms with van der Waals surface area (Å²) in [4.78, 5) is 4.64. The van der Waals surface area contributed by atoms with Crippen molar-refractivity contribution in [2.24, 2.45) is 4.99 Å². The Morgan fingerprint density at radius 1 is 0.963 bits per heavy atom. The van der Waals surface area contributed by atoms with Gasteiger partial charge in [-0.15, -0.1) is 0 Å². The van der Waals surface area contributed by atoms with Crippen LogP contribution in [0.25, 0.3) is 0 Å². The Morgan fingerprint density at radius 2 is 1.74 bits per heavy atom. The summed E-state index contributed by atoms with van der Waals surface area (Å²) >= 11 is 0. The highest BCUT2D eigenvalue weighted by molar-refractivity contribution is 5.79. The first-order valence-electron chi connectivity index (χ1n) is 10.1. The second-order valence-corrected chi connectivity index (χ2v) is 6.14. The average molecular weight is 380 g/mol. The molecule has 1 rings (SSSR count). The molecule has 0 radical (unpaired) electrons. The number of hydrogen-bond acceptors (Lipinski definition) is 4. The highest BCUT2D eigenvalue weighted by Crippen LogP contribution is 2.28. The number of unbranched alkanes of at least 4 members (excludes halogenated alkanes) is 2. The minimum atomic E-state index is 0.628. The molecule has 6 heteroatoms. The van der Waals surface area contributed by atoms with Crippen LogP contribution < -0.4 is 20.1 Å². The molecule has 27 heavy (non-hydrogen) atoms. The molecule has 0 unspecified atom stereocenters. The van der Waals surface area contributed by atoms with E-state index in [1.165, 1.54) is 5.56 Å². The Hall–Kier alpha value is -1.95. The van der Waals surface area contributed by atoms with Crippen LogP contribution in [0.1, 0.15) is 45.6 Å². The minimum absolute atomic E-state index is 0.628. The lowest BCUT2D eigenvalue weighted by atomic mass is 10.1. The summed E-state index contributed by atoms with van der Waals surface area (Å²) in [6.45, 7) is 10.6. The monoisotopic (exact) mass is 379 g/mol.